The molecule has 0 spiro atoms. The summed E-state index contributed by atoms with van der Waals surface area (Å²) in [4.78, 5) is 0. The summed E-state index contributed by atoms with van der Waals surface area (Å²) in [7, 11) is 0. The first kappa shape index (κ1) is 8.87. The van der Waals surface area contributed by atoms with Crippen LogP contribution in [0.25, 0.3) is 0 Å². The number of phenolic OH excluding ortho intramolecular Hbond substituents is 2. The minimum atomic E-state index is 0.140. The maximum atomic E-state index is 9.63. The highest BCUT2D eigenvalue weighted by molar-refractivity contribution is 6.05. The molecule has 0 saturated carbocycles. The first-order valence-corrected chi connectivity index (χ1v) is 4.55. The van der Waals surface area contributed by atoms with E-state index in [2.05, 4.69) is 5.10 Å². The van der Waals surface area contributed by atoms with Gasteiger partial charge in [-0.15, -0.1) is 0 Å². The summed E-state index contributed by atoms with van der Waals surface area (Å²) in [5.41, 5.74) is 2.03. The molecule has 0 radical (unpaired) electrons. The Labute approximate surface area is 81.7 Å². The van der Waals surface area contributed by atoms with Crippen molar-refractivity contribution in [1.82, 2.24) is 0 Å². The highest BCUT2D eigenvalue weighted by atomic mass is 16.3. The normalized spacial score (nSPS) is 18.1. The summed E-state index contributed by atoms with van der Waals surface area (Å²) in [6, 6.07) is 2.96. The molecule has 1 aromatic carbocycles. The van der Waals surface area contributed by atoms with Crippen LogP contribution in [0.4, 0.5) is 0 Å². The first-order chi connectivity index (χ1) is 6.74. The number of nitrogens with two attached hydrogens (primary N) is 1. The van der Waals surface area contributed by atoms with Gasteiger partial charge < -0.3 is 16.1 Å². The van der Waals surface area contributed by atoms with Crippen LogP contribution in [0.15, 0.2) is 17.2 Å². The SMILES string of the molecule is N/N=C1/CCCc2c(O)ccc(O)c21. The second kappa shape index (κ2) is 3.21. The Balaban J connectivity index is 2.67. The molecule has 1 aliphatic carbocycles. The van der Waals surface area contributed by atoms with E-state index in [4.69, 9.17) is 5.84 Å². The number of hydrogen-bond donors (Lipinski definition) is 3. The molecule has 0 aliphatic heterocycles. The average molecular weight is 192 g/mol. The van der Waals surface area contributed by atoms with Gasteiger partial charge in [-0.25, -0.2) is 0 Å². The van der Waals surface area contributed by atoms with Gasteiger partial charge in [0.15, 0.2) is 0 Å². The van der Waals surface area contributed by atoms with Crippen LogP contribution in [-0.2, 0) is 6.42 Å². The number of aromatic hydroxyl groups is 2. The van der Waals surface area contributed by atoms with Crippen molar-refractivity contribution in [2.24, 2.45) is 10.9 Å². The second-order valence-corrected chi connectivity index (χ2v) is 3.39. The lowest BCUT2D eigenvalue weighted by Gasteiger charge is -2.19. The van der Waals surface area contributed by atoms with Gasteiger partial charge in [-0.1, -0.05) is 0 Å². The Hall–Kier alpha value is -1.71. The van der Waals surface area contributed by atoms with Gasteiger partial charge in [-0.05, 0) is 31.4 Å². The van der Waals surface area contributed by atoms with E-state index in [0.29, 0.717) is 11.3 Å². The zero-order valence-electron chi connectivity index (χ0n) is 7.70. The number of nitrogens with zero attached hydrogens (tertiary/aromatic N) is 1. The summed E-state index contributed by atoms with van der Waals surface area (Å²) in [6.45, 7) is 0. The third kappa shape index (κ3) is 1.19. The quantitative estimate of drug-likeness (QED) is 0.327. The lowest BCUT2D eigenvalue weighted by molar-refractivity contribution is 0.450. The smallest absolute Gasteiger partial charge is 0.125 e. The van der Waals surface area contributed by atoms with E-state index >= 15 is 0 Å². The minimum Gasteiger partial charge on any atom is -0.508 e. The lowest BCUT2D eigenvalue weighted by atomic mass is 9.89. The van der Waals surface area contributed by atoms with Crippen molar-refractivity contribution < 1.29 is 10.2 Å². The highest BCUT2D eigenvalue weighted by Crippen LogP contribution is 2.34. The minimum absolute atomic E-state index is 0.140. The van der Waals surface area contributed by atoms with Crippen LogP contribution in [0.1, 0.15) is 24.0 Å². The van der Waals surface area contributed by atoms with E-state index in [-0.39, 0.29) is 11.5 Å². The van der Waals surface area contributed by atoms with E-state index in [1.165, 1.54) is 12.1 Å². The largest absolute Gasteiger partial charge is 0.508 e. The van der Waals surface area contributed by atoms with Gasteiger partial charge in [0.05, 0.1) is 5.71 Å². The molecular formula is C10H12N2O2. The van der Waals surface area contributed by atoms with Crippen molar-refractivity contribution in [2.75, 3.05) is 0 Å². The molecule has 1 aromatic rings. The zero-order chi connectivity index (χ0) is 10.1. The average Bonchev–Trinajstić information content (AvgIpc) is 2.23. The number of benzene rings is 1. The van der Waals surface area contributed by atoms with Crippen molar-refractivity contribution in [3.63, 3.8) is 0 Å². The Morgan fingerprint density at radius 2 is 1.86 bits per heavy atom. The Bertz CT molecular complexity index is 399. The van der Waals surface area contributed by atoms with Crippen LogP contribution < -0.4 is 5.84 Å². The molecule has 0 bridgehead atoms. The van der Waals surface area contributed by atoms with Crippen molar-refractivity contribution in [3.8, 4) is 11.5 Å². The Morgan fingerprint density at radius 1 is 1.14 bits per heavy atom. The number of phenols is 2. The standard InChI is InChI=1S/C10H12N2O2/c11-12-7-3-1-2-6-8(13)4-5-9(14)10(6)7/h4-5,13-14H,1-3,11H2/b12-7-. The molecular weight excluding hydrogens is 180 g/mol. The lowest BCUT2D eigenvalue weighted by Crippen LogP contribution is -2.14. The molecule has 0 fully saturated rings. The van der Waals surface area contributed by atoms with Crippen molar-refractivity contribution >= 4 is 5.71 Å². The van der Waals surface area contributed by atoms with Gasteiger partial charge in [-0.3, -0.25) is 0 Å². The molecule has 4 nitrogen and oxygen atoms in total. The summed E-state index contributed by atoms with van der Waals surface area (Å²) >= 11 is 0. The molecule has 14 heavy (non-hydrogen) atoms. The summed E-state index contributed by atoms with van der Waals surface area (Å²) in [6.07, 6.45) is 2.41. The maximum absolute atomic E-state index is 9.63. The fraction of sp³-hybridized carbons (Fsp3) is 0.300. The van der Waals surface area contributed by atoms with Gasteiger partial charge in [0, 0.05) is 11.1 Å². The van der Waals surface area contributed by atoms with Crippen LogP contribution in [-0.4, -0.2) is 15.9 Å². The number of hydrogen-bond acceptors (Lipinski definition) is 4. The third-order valence-corrected chi connectivity index (χ3v) is 2.55. The number of hydrazone groups is 1. The van der Waals surface area contributed by atoms with Crippen molar-refractivity contribution in [1.29, 1.82) is 0 Å². The van der Waals surface area contributed by atoms with E-state index in [1.54, 1.807) is 0 Å². The van der Waals surface area contributed by atoms with E-state index in [0.717, 1.165) is 24.8 Å². The topological polar surface area (TPSA) is 78.8 Å². The number of rotatable bonds is 0. The molecule has 1 aliphatic rings. The first-order valence-electron chi connectivity index (χ1n) is 4.55. The molecule has 4 heteroatoms. The van der Waals surface area contributed by atoms with Crippen LogP contribution in [0, 0.1) is 0 Å². The molecule has 0 atom stereocenters. The maximum Gasteiger partial charge on any atom is 0.125 e. The van der Waals surface area contributed by atoms with Crippen LogP contribution in [0.5, 0.6) is 11.5 Å². The van der Waals surface area contributed by atoms with Crippen LogP contribution >= 0.6 is 0 Å². The molecule has 0 saturated heterocycles. The zero-order valence-corrected chi connectivity index (χ0v) is 7.70. The predicted molar refractivity (Wildman–Crippen MR) is 53.4 cm³/mol. The Morgan fingerprint density at radius 3 is 2.57 bits per heavy atom. The monoisotopic (exact) mass is 192 g/mol. The molecule has 0 heterocycles. The summed E-state index contributed by atoms with van der Waals surface area (Å²) in [5, 5.41) is 22.9. The van der Waals surface area contributed by atoms with Crippen LogP contribution in [0.3, 0.4) is 0 Å². The van der Waals surface area contributed by atoms with Gasteiger partial charge in [-0.2, -0.15) is 5.10 Å². The summed E-state index contributed by atoms with van der Waals surface area (Å²) < 4.78 is 0. The van der Waals surface area contributed by atoms with Gasteiger partial charge in [0.1, 0.15) is 11.5 Å². The summed E-state index contributed by atoms with van der Waals surface area (Å²) in [5.74, 6) is 5.58. The fourth-order valence-electron chi connectivity index (χ4n) is 1.89. The van der Waals surface area contributed by atoms with Gasteiger partial charge in [0.25, 0.3) is 0 Å². The van der Waals surface area contributed by atoms with Crippen molar-refractivity contribution in [2.45, 2.75) is 19.3 Å². The van der Waals surface area contributed by atoms with Crippen molar-refractivity contribution in [3.05, 3.63) is 23.3 Å². The molecule has 0 unspecified atom stereocenters. The predicted octanol–water partition coefficient (Wildman–Crippen LogP) is 1.10. The molecule has 4 N–H and O–H groups in total. The van der Waals surface area contributed by atoms with E-state index in [9.17, 15) is 10.2 Å². The molecule has 0 amide bonds. The third-order valence-electron chi connectivity index (χ3n) is 2.55. The highest BCUT2D eigenvalue weighted by Gasteiger charge is 2.21. The molecule has 0 aromatic heterocycles. The Kier molecular flexibility index (Phi) is 2.04. The molecule has 2 rings (SSSR count). The van der Waals surface area contributed by atoms with E-state index in [1.807, 2.05) is 0 Å². The van der Waals surface area contributed by atoms with Gasteiger partial charge in [0.2, 0.25) is 0 Å². The number of fused-ring (bicyclic) bond motifs is 1. The van der Waals surface area contributed by atoms with E-state index < -0.39 is 0 Å². The fourth-order valence-corrected chi connectivity index (χ4v) is 1.89. The molecule has 74 valence electrons. The van der Waals surface area contributed by atoms with Gasteiger partial charge >= 0.3 is 0 Å². The van der Waals surface area contributed by atoms with Crippen LogP contribution in [0.2, 0.25) is 0 Å². The second-order valence-electron chi connectivity index (χ2n) is 3.39.